The van der Waals surface area contributed by atoms with Crippen LogP contribution in [0.25, 0.3) is 11.2 Å². The Bertz CT molecular complexity index is 1020. The molecular weight excluding hydrogens is 282 g/mol. The van der Waals surface area contributed by atoms with Gasteiger partial charge in [0, 0.05) is 14.1 Å². The van der Waals surface area contributed by atoms with Gasteiger partial charge in [-0.25, -0.2) is 9.78 Å². The van der Waals surface area contributed by atoms with E-state index < -0.39 is 5.69 Å². The van der Waals surface area contributed by atoms with Crippen LogP contribution in [0.1, 0.15) is 11.1 Å². The number of fused-ring (bicyclic) bond motifs is 1. The highest BCUT2D eigenvalue weighted by Crippen LogP contribution is 2.06. The van der Waals surface area contributed by atoms with Crippen LogP contribution >= 0.6 is 0 Å². The summed E-state index contributed by atoms with van der Waals surface area (Å²) in [5, 5.41) is 8.80. The predicted octanol–water partition coefficient (Wildman–Crippen LogP) is 0.354. The van der Waals surface area contributed by atoms with Gasteiger partial charge < -0.3 is 4.57 Å². The summed E-state index contributed by atoms with van der Waals surface area (Å²) in [5.41, 5.74) is 1.28. The van der Waals surface area contributed by atoms with E-state index in [0.717, 1.165) is 5.56 Å². The molecule has 2 aromatic heterocycles. The van der Waals surface area contributed by atoms with Gasteiger partial charge in [0.05, 0.1) is 24.5 Å². The summed E-state index contributed by atoms with van der Waals surface area (Å²) in [6, 6.07) is 8.82. The van der Waals surface area contributed by atoms with Gasteiger partial charge in [-0.1, -0.05) is 12.1 Å². The Labute approximate surface area is 125 Å². The third-order valence-electron chi connectivity index (χ3n) is 3.62. The van der Waals surface area contributed by atoms with E-state index in [0.29, 0.717) is 16.7 Å². The molecule has 0 unspecified atom stereocenters. The average molecular weight is 295 g/mol. The predicted molar refractivity (Wildman–Crippen MR) is 80.5 cm³/mol. The lowest BCUT2D eigenvalue weighted by Gasteiger charge is -2.08. The second-order valence-corrected chi connectivity index (χ2v) is 5.07. The molecule has 110 valence electrons. The molecule has 7 nitrogen and oxygen atoms in total. The number of imidazole rings is 1. The lowest BCUT2D eigenvalue weighted by molar-refractivity contribution is 0.655. The first kappa shape index (κ1) is 13.8. The van der Waals surface area contributed by atoms with Gasteiger partial charge in [0.15, 0.2) is 11.2 Å². The lowest BCUT2D eigenvalue weighted by Crippen LogP contribution is -2.39. The van der Waals surface area contributed by atoms with E-state index in [1.54, 1.807) is 42.9 Å². The summed E-state index contributed by atoms with van der Waals surface area (Å²) < 4.78 is 4.14. The number of nitriles is 1. The molecule has 0 spiro atoms. The molecule has 0 fully saturated rings. The molecule has 0 aliphatic carbocycles. The zero-order valence-corrected chi connectivity index (χ0v) is 12.1. The van der Waals surface area contributed by atoms with Crippen molar-refractivity contribution >= 4 is 11.2 Å². The van der Waals surface area contributed by atoms with Gasteiger partial charge in [0.1, 0.15) is 0 Å². The summed E-state index contributed by atoms with van der Waals surface area (Å²) in [6.07, 6.45) is 1.51. The molecule has 3 aromatic rings. The van der Waals surface area contributed by atoms with Crippen LogP contribution in [0.2, 0.25) is 0 Å². The number of aryl methyl sites for hydroxylation is 2. The van der Waals surface area contributed by atoms with Gasteiger partial charge in [0.25, 0.3) is 5.56 Å². The third kappa shape index (κ3) is 2.02. The normalized spacial score (nSPS) is 10.8. The fourth-order valence-electron chi connectivity index (χ4n) is 2.40. The maximum atomic E-state index is 12.5. The van der Waals surface area contributed by atoms with E-state index in [2.05, 4.69) is 4.98 Å². The number of aromatic nitrogens is 4. The second kappa shape index (κ2) is 5.00. The van der Waals surface area contributed by atoms with Crippen molar-refractivity contribution in [1.29, 1.82) is 5.26 Å². The molecule has 3 rings (SSSR count). The third-order valence-corrected chi connectivity index (χ3v) is 3.62. The zero-order valence-electron chi connectivity index (χ0n) is 12.1. The molecule has 0 N–H and O–H groups in total. The van der Waals surface area contributed by atoms with Crippen LogP contribution in [-0.2, 0) is 20.6 Å². The number of rotatable bonds is 2. The van der Waals surface area contributed by atoms with E-state index >= 15 is 0 Å². The van der Waals surface area contributed by atoms with Crippen molar-refractivity contribution in [2.75, 3.05) is 0 Å². The largest absolute Gasteiger partial charge is 0.332 e. The van der Waals surface area contributed by atoms with Crippen molar-refractivity contribution in [1.82, 2.24) is 18.7 Å². The monoisotopic (exact) mass is 295 g/mol. The highest BCUT2D eigenvalue weighted by molar-refractivity contribution is 5.69. The molecule has 22 heavy (non-hydrogen) atoms. The van der Waals surface area contributed by atoms with Crippen LogP contribution in [0.5, 0.6) is 0 Å². The molecule has 0 bridgehead atoms. The summed E-state index contributed by atoms with van der Waals surface area (Å²) in [5.74, 6) is 0. The SMILES string of the molecule is Cn1cnc2c1c(=O)n(Cc1ccc(C#N)cc1)c(=O)n2C. The van der Waals surface area contributed by atoms with Crippen LogP contribution < -0.4 is 11.2 Å². The van der Waals surface area contributed by atoms with Gasteiger partial charge in [-0.05, 0) is 17.7 Å². The molecular formula is C15H13N5O2. The van der Waals surface area contributed by atoms with Crippen molar-refractivity contribution in [3.63, 3.8) is 0 Å². The Morgan fingerprint density at radius 3 is 2.50 bits per heavy atom. The van der Waals surface area contributed by atoms with Gasteiger partial charge in [0.2, 0.25) is 0 Å². The highest BCUT2D eigenvalue weighted by Gasteiger charge is 2.14. The van der Waals surface area contributed by atoms with Crippen LogP contribution in [0.4, 0.5) is 0 Å². The van der Waals surface area contributed by atoms with Crippen molar-refractivity contribution in [3.8, 4) is 6.07 Å². The molecule has 1 aromatic carbocycles. The Hall–Kier alpha value is -3.14. The Kier molecular flexibility index (Phi) is 3.14. The number of hydrogen-bond donors (Lipinski definition) is 0. The fraction of sp³-hybridized carbons (Fsp3) is 0.200. The Morgan fingerprint density at radius 1 is 1.18 bits per heavy atom. The van der Waals surface area contributed by atoms with Gasteiger partial charge in [-0.15, -0.1) is 0 Å². The summed E-state index contributed by atoms with van der Waals surface area (Å²) in [7, 11) is 3.31. The van der Waals surface area contributed by atoms with Crippen molar-refractivity contribution < 1.29 is 0 Å². The average Bonchev–Trinajstić information content (AvgIpc) is 2.92. The van der Waals surface area contributed by atoms with Crippen molar-refractivity contribution in [2.45, 2.75) is 6.54 Å². The number of hydrogen-bond acceptors (Lipinski definition) is 4. The highest BCUT2D eigenvalue weighted by atomic mass is 16.2. The molecule has 0 atom stereocenters. The molecule has 0 amide bonds. The standard InChI is InChI=1S/C15H13N5O2/c1-18-9-17-13-12(18)14(21)20(15(22)19(13)2)8-11-5-3-10(7-16)4-6-11/h3-6,9H,8H2,1-2H3. The topological polar surface area (TPSA) is 85.6 Å². The van der Waals surface area contributed by atoms with E-state index in [1.165, 1.54) is 15.5 Å². The molecule has 0 saturated carbocycles. The second-order valence-electron chi connectivity index (χ2n) is 5.07. The minimum absolute atomic E-state index is 0.151. The molecule has 7 heteroatoms. The van der Waals surface area contributed by atoms with E-state index in [-0.39, 0.29) is 12.1 Å². The maximum absolute atomic E-state index is 12.5. The van der Waals surface area contributed by atoms with Gasteiger partial charge in [-0.3, -0.25) is 13.9 Å². The van der Waals surface area contributed by atoms with E-state index in [1.807, 2.05) is 6.07 Å². The smallest absolute Gasteiger partial charge is 0.328 e. The minimum atomic E-state index is -0.416. The first-order valence-electron chi connectivity index (χ1n) is 6.63. The van der Waals surface area contributed by atoms with Gasteiger partial charge in [-0.2, -0.15) is 5.26 Å². The van der Waals surface area contributed by atoms with Crippen LogP contribution in [0, 0.1) is 11.3 Å². The quantitative estimate of drug-likeness (QED) is 0.683. The minimum Gasteiger partial charge on any atom is -0.328 e. The van der Waals surface area contributed by atoms with Crippen LogP contribution in [-0.4, -0.2) is 18.7 Å². The number of benzene rings is 1. The molecule has 0 aliphatic rings. The summed E-state index contributed by atoms with van der Waals surface area (Å²) >= 11 is 0. The molecule has 0 radical (unpaired) electrons. The summed E-state index contributed by atoms with van der Waals surface area (Å²) in [6.45, 7) is 0.151. The Morgan fingerprint density at radius 2 is 1.86 bits per heavy atom. The van der Waals surface area contributed by atoms with E-state index in [4.69, 9.17) is 5.26 Å². The zero-order chi connectivity index (χ0) is 15.9. The fourth-order valence-corrected chi connectivity index (χ4v) is 2.40. The first-order valence-corrected chi connectivity index (χ1v) is 6.63. The summed E-state index contributed by atoms with van der Waals surface area (Å²) in [4.78, 5) is 29.0. The molecule has 0 aliphatic heterocycles. The molecule has 0 saturated heterocycles. The van der Waals surface area contributed by atoms with E-state index in [9.17, 15) is 9.59 Å². The molecule has 2 heterocycles. The Balaban J connectivity index is 2.18. The lowest BCUT2D eigenvalue weighted by atomic mass is 10.1. The maximum Gasteiger partial charge on any atom is 0.332 e. The van der Waals surface area contributed by atoms with Crippen molar-refractivity contribution in [2.24, 2.45) is 14.1 Å². The van der Waals surface area contributed by atoms with Crippen molar-refractivity contribution in [3.05, 3.63) is 62.6 Å². The van der Waals surface area contributed by atoms with Crippen LogP contribution in [0.3, 0.4) is 0 Å². The van der Waals surface area contributed by atoms with Crippen LogP contribution in [0.15, 0.2) is 40.2 Å². The number of nitrogens with zero attached hydrogens (tertiary/aromatic N) is 5. The van der Waals surface area contributed by atoms with Gasteiger partial charge >= 0.3 is 5.69 Å². The first-order chi connectivity index (χ1) is 10.5.